The van der Waals surface area contributed by atoms with Crippen LogP contribution in [0, 0.1) is 0 Å². The van der Waals surface area contributed by atoms with Gasteiger partial charge in [0.15, 0.2) is 0 Å². The van der Waals surface area contributed by atoms with E-state index in [-0.39, 0.29) is 35.7 Å². The summed E-state index contributed by atoms with van der Waals surface area (Å²) in [4.78, 5) is 0. The van der Waals surface area contributed by atoms with E-state index >= 15 is 0 Å². The van der Waals surface area contributed by atoms with E-state index < -0.39 is 15.4 Å². The molecule has 0 amide bonds. The Hall–Kier alpha value is 0.870. The predicted molar refractivity (Wildman–Crippen MR) is 109 cm³/mol. The summed E-state index contributed by atoms with van der Waals surface area (Å²) in [6.07, 6.45) is 17.9. The van der Waals surface area contributed by atoms with Crippen molar-refractivity contribution >= 4 is 10.1 Å². The predicted octanol–water partition coefficient (Wildman–Crippen LogP) is 2.94. The minimum absolute atomic E-state index is 0. The van der Waals surface area contributed by atoms with Gasteiger partial charge in [0.05, 0.1) is 16.2 Å². The van der Waals surface area contributed by atoms with Crippen LogP contribution in [-0.4, -0.2) is 29.4 Å². The van der Waals surface area contributed by atoms with Gasteiger partial charge >= 0.3 is 29.6 Å². The van der Waals surface area contributed by atoms with Crippen LogP contribution in [0.15, 0.2) is 0 Å². The summed E-state index contributed by atoms with van der Waals surface area (Å²) < 4.78 is 33.0. The van der Waals surface area contributed by atoms with Gasteiger partial charge in [-0.1, -0.05) is 97.3 Å². The fraction of sp³-hybridized carbons (Fsp3) is 1.00. The second kappa shape index (κ2) is 20.2. The van der Waals surface area contributed by atoms with Crippen molar-refractivity contribution in [3.8, 4) is 0 Å². The quantitative estimate of drug-likeness (QED) is 0.200. The first-order valence-corrected chi connectivity index (χ1v) is 12.5. The third kappa shape index (κ3) is 19.9. The Labute approximate surface area is 191 Å². The van der Waals surface area contributed by atoms with Gasteiger partial charge in [-0.15, -0.1) is 0 Å². The molecule has 4 nitrogen and oxygen atoms in total. The third-order valence-electron chi connectivity index (χ3n) is 5.32. The van der Waals surface area contributed by atoms with Gasteiger partial charge < -0.3 is 9.66 Å². The van der Waals surface area contributed by atoms with Crippen LogP contribution in [0.2, 0.25) is 0 Å². The largest absolute Gasteiger partial charge is 1.00 e. The molecular weight excluding hydrogens is 371 g/mol. The topological polar surface area (TPSA) is 77.4 Å². The maximum Gasteiger partial charge on any atom is 1.00 e. The van der Waals surface area contributed by atoms with Crippen LogP contribution in [0.3, 0.4) is 0 Å². The Balaban J connectivity index is 0. The number of hydrogen-bond acceptors (Lipinski definition) is 4. The monoisotopic (exact) mass is 414 g/mol. The molecule has 0 rings (SSSR count). The van der Waals surface area contributed by atoms with E-state index in [1.165, 1.54) is 44.9 Å². The zero-order valence-electron chi connectivity index (χ0n) is 18.3. The van der Waals surface area contributed by atoms with Crippen molar-refractivity contribution in [1.29, 1.82) is 0 Å². The van der Waals surface area contributed by atoms with Crippen LogP contribution in [0.4, 0.5) is 0 Å². The number of unbranched alkanes of at least 4 members (excludes halogenated alkanes) is 11. The molecule has 0 aromatic carbocycles. The molecule has 0 aromatic heterocycles. The van der Waals surface area contributed by atoms with Crippen LogP contribution < -0.4 is 29.6 Å². The van der Waals surface area contributed by atoms with Crippen molar-refractivity contribution in [3.63, 3.8) is 0 Å². The van der Waals surface area contributed by atoms with Crippen LogP contribution in [0.25, 0.3) is 0 Å². The molecule has 0 aliphatic carbocycles. The van der Waals surface area contributed by atoms with E-state index in [2.05, 4.69) is 6.92 Å². The normalized spacial score (nSPS) is 13.9. The summed E-state index contributed by atoms with van der Waals surface area (Å²) in [6.45, 7) is 3.99. The summed E-state index contributed by atoms with van der Waals surface area (Å²) in [5.74, 6) is 0. The zero-order chi connectivity index (χ0) is 19.7. The number of aliphatic hydroxyl groups is 1. The van der Waals surface area contributed by atoms with Crippen molar-refractivity contribution in [3.05, 3.63) is 0 Å². The Kier molecular flexibility index (Phi) is 22.4. The fourth-order valence-electron chi connectivity index (χ4n) is 3.49. The molecule has 27 heavy (non-hydrogen) atoms. The zero-order valence-corrected chi connectivity index (χ0v) is 21.1. The van der Waals surface area contributed by atoms with Gasteiger partial charge in [-0.05, 0) is 25.7 Å². The number of aliphatic hydroxyl groups excluding tert-OH is 1. The van der Waals surface area contributed by atoms with Gasteiger partial charge in [0, 0.05) is 5.25 Å². The molecule has 0 saturated heterocycles. The second-order valence-electron chi connectivity index (χ2n) is 7.79. The van der Waals surface area contributed by atoms with Crippen LogP contribution in [0.1, 0.15) is 123 Å². The smallest absolute Gasteiger partial charge is 0.748 e. The van der Waals surface area contributed by atoms with Gasteiger partial charge in [-0.2, -0.15) is 0 Å². The van der Waals surface area contributed by atoms with E-state index in [1.807, 2.05) is 0 Å². The van der Waals surface area contributed by atoms with Crippen molar-refractivity contribution in [1.82, 2.24) is 0 Å². The maximum atomic E-state index is 11.0. The van der Waals surface area contributed by atoms with Gasteiger partial charge in [0.1, 0.15) is 0 Å². The molecule has 0 fully saturated rings. The van der Waals surface area contributed by atoms with E-state index in [1.54, 1.807) is 6.92 Å². The average Bonchev–Trinajstić information content (AvgIpc) is 2.58. The first kappa shape index (κ1) is 30.1. The van der Waals surface area contributed by atoms with E-state index in [0.717, 1.165) is 51.4 Å². The third-order valence-corrected chi connectivity index (χ3v) is 6.70. The molecule has 1 N–H and O–H groups in total. The molecule has 0 heterocycles. The molecule has 0 saturated carbocycles. The van der Waals surface area contributed by atoms with Crippen molar-refractivity contribution in [2.45, 2.75) is 134 Å². The molecule has 0 aliphatic heterocycles. The summed E-state index contributed by atoms with van der Waals surface area (Å²) in [6, 6.07) is 0. The summed E-state index contributed by atoms with van der Waals surface area (Å²) in [5.41, 5.74) is 0. The standard InChI is InChI=1S/C21H44O4S.Na/c1-3-5-6-7-11-14-17-20(22)18-15-12-9-8-10-13-16-19-21(4-2)26(23,24)25;/h20-22H,3-19H2,1-2H3,(H,23,24,25);/q;+1/p-1. The molecule has 158 valence electrons. The van der Waals surface area contributed by atoms with Crippen LogP contribution in [-0.2, 0) is 10.1 Å². The number of hydrogen-bond donors (Lipinski definition) is 1. The maximum absolute atomic E-state index is 11.0. The van der Waals surface area contributed by atoms with E-state index in [4.69, 9.17) is 0 Å². The van der Waals surface area contributed by atoms with Gasteiger partial charge in [0.25, 0.3) is 0 Å². The van der Waals surface area contributed by atoms with Gasteiger partial charge in [-0.25, -0.2) is 8.42 Å². The molecule has 0 bridgehead atoms. The van der Waals surface area contributed by atoms with E-state index in [9.17, 15) is 18.1 Å². The summed E-state index contributed by atoms with van der Waals surface area (Å²) in [5, 5.41) is 9.29. The second-order valence-corrected chi connectivity index (χ2v) is 9.44. The molecule has 0 aromatic rings. The Morgan fingerprint density at radius 1 is 0.704 bits per heavy atom. The van der Waals surface area contributed by atoms with Gasteiger partial charge in [0.2, 0.25) is 0 Å². The molecule has 2 atom stereocenters. The van der Waals surface area contributed by atoms with Crippen molar-refractivity contribution < 1.29 is 47.6 Å². The van der Waals surface area contributed by atoms with Crippen LogP contribution in [0.5, 0.6) is 0 Å². The Bertz CT molecular complexity index is 401. The van der Waals surface area contributed by atoms with Crippen molar-refractivity contribution in [2.75, 3.05) is 0 Å². The Morgan fingerprint density at radius 3 is 1.44 bits per heavy atom. The summed E-state index contributed by atoms with van der Waals surface area (Å²) in [7, 11) is -4.11. The molecule has 0 aliphatic rings. The molecule has 2 unspecified atom stereocenters. The van der Waals surface area contributed by atoms with Gasteiger partial charge in [-0.3, -0.25) is 0 Å². The first-order valence-electron chi connectivity index (χ1n) is 11.0. The molecule has 0 spiro atoms. The fourth-order valence-corrected chi connectivity index (χ4v) is 4.36. The van der Waals surface area contributed by atoms with E-state index in [0.29, 0.717) is 12.8 Å². The minimum Gasteiger partial charge on any atom is -0.748 e. The Morgan fingerprint density at radius 2 is 1.07 bits per heavy atom. The molecular formula is C21H43NaO4S. The van der Waals surface area contributed by atoms with Crippen molar-refractivity contribution in [2.24, 2.45) is 0 Å². The molecule has 6 heteroatoms. The number of rotatable bonds is 19. The SMILES string of the molecule is CCCCCCCCC(O)CCCCCCCCCC(CC)S(=O)(=O)[O-].[Na+]. The molecule has 0 radical (unpaired) electrons. The minimum atomic E-state index is -4.11. The average molecular weight is 415 g/mol. The summed E-state index contributed by atoms with van der Waals surface area (Å²) >= 11 is 0. The first-order chi connectivity index (χ1) is 12.4. The van der Waals surface area contributed by atoms with Crippen LogP contribution >= 0.6 is 0 Å².